The highest BCUT2D eigenvalue weighted by Gasteiger charge is 2.14. The first-order valence-electron chi connectivity index (χ1n) is 6.80. The number of ether oxygens (including phenoxy) is 1. The molecule has 0 heterocycles. The van der Waals surface area contributed by atoms with Crippen LogP contribution in [0.25, 0.3) is 0 Å². The molecule has 1 amide bonds. The van der Waals surface area contributed by atoms with Gasteiger partial charge in [0.2, 0.25) is 0 Å². The van der Waals surface area contributed by atoms with Gasteiger partial charge in [0, 0.05) is 4.47 Å². The monoisotopic (exact) mass is 347 g/mol. The van der Waals surface area contributed by atoms with E-state index in [1.807, 2.05) is 51.1 Å². The summed E-state index contributed by atoms with van der Waals surface area (Å²) in [5.41, 5.74) is 2.40. The molecule has 0 aliphatic carbocycles. The summed E-state index contributed by atoms with van der Waals surface area (Å²) in [6, 6.07) is 13.0. The molecule has 1 N–H and O–H groups in total. The van der Waals surface area contributed by atoms with Crippen molar-refractivity contribution in [1.29, 1.82) is 0 Å². The van der Waals surface area contributed by atoms with Crippen molar-refractivity contribution in [2.24, 2.45) is 0 Å². The van der Waals surface area contributed by atoms with E-state index < -0.39 is 0 Å². The molecule has 0 aliphatic rings. The molecule has 0 radical (unpaired) electrons. The minimum atomic E-state index is -0.184. The maximum Gasteiger partial charge on any atom is 0.259 e. The Kier molecular flexibility index (Phi) is 5.02. The average molecular weight is 348 g/mol. The van der Waals surface area contributed by atoms with E-state index in [-0.39, 0.29) is 12.0 Å². The fourth-order valence-electron chi connectivity index (χ4n) is 1.92. The van der Waals surface area contributed by atoms with E-state index in [1.165, 1.54) is 0 Å². The molecule has 0 atom stereocenters. The van der Waals surface area contributed by atoms with Crippen molar-refractivity contribution in [2.45, 2.75) is 26.9 Å². The number of aryl methyl sites for hydroxylation is 1. The molecule has 0 aliphatic heterocycles. The lowest BCUT2D eigenvalue weighted by Crippen LogP contribution is -2.16. The van der Waals surface area contributed by atoms with Gasteiger partial charge >= 0.3 is 0 Å². The standard InChI is InChI=1S/C17H18BrNO2/c1-11(2)21-16-7-5-4-6-13(16)17(20)19-15-9-8-12(3)10-14(15)18/h4-11H,1-3H3,(H,19,20). The van der Waals surface area contributed by atoms with Gasteiger partial charge in [-0.25, -0.2) is 0 Å². The van der Waals surface area contributed by atoms with Crippen molar-refractivity contribution in [3.63, 3.8) is 0 Å². The number of nitrogens with one attached hydrogen (secondary N) is 1. The summed E-state index contributed by atoms with van der Waals surface area (Å²) in [4.78, 5) is 12.4. The third-order valence-electron chi connectivity index (χ3n) is 2.87. The second-order valence-corrected chi connectivity index (χ2v) is 5.95. The number of hydrogen-bond acceptors (Lipinski definition) is 2. The molecule has 2 rings (SSSR count). The SMILES string of the molecule is Cc1ccc(NC(=O)c2ccccc2OC(C)C)c(Br)c1. The summed E-state index contributed by atoms with van der Waals surface area (Å²) in [7, 11) is 0. The quantitative estimate of drug-likeness (QED) is 0.862. The number of hydrogen-bond donors (Lipinski definition) is 1. The van der Waals surface area contributed by atoms with Crippen LogP contribution in [0.4, 0.5) is 5.69 Å². The molecular formula is C17H18BrNO2. The number of para-hydroxylation sites is 1. The van der Waals surface area contributed by atoms with E-state index in [1.54, 1.807) is 12.1 Å². The van der Waals surface area contributed by atoms with Gasteiger partial charge in [-0.05, 0) is 66.5 Å². The van der Waals surface area contributed by atoms with Gasteiger partial charge in [-0.3, -0.25) is 4.79 Å². The van der Waals surface area contributed by atoms with Crippen LogP contribution in [0.1, 0.15) is 29.8 Å². The van der Waals surface area contributed by atoms with Gasteiger partial charge < -0.3 is 10.1 Å². The summed E-state index contributed by atoms with van der Waals surface area (Å²) >= 11 is 3.46. The number of carbonyl (C=O) groups is 1. The summed E-state index contributed by atoms with van der Waals surface area (Å²) in [5, 5.41) is 2.90. The van der Waals surface area contributed by atoms with Crippen LogP contribution in [-0.2, 0) is 0 Å². The van der Waals surface area contributed by atoms with Gasteiger partial charge in [-0.15, -0.1) is 0 Å². The first-order valence-corrected chi connectivity index (χ1v) is 7.60. The van der Waals surface area contributed by atoms with Crippen LogP contribution < -0.4 is 10.1 Å². The third kappa shape index (κ3) is 4.08. The van der Waals surface area contributed by atoms with E-state index >= 15 is 0 Å². The predicted octanol–water partition coefficient (Wildman–Crippen LogP) is 4.80. The fraction of sp³-hybridized carbons (Fsp3) is 0.235. The Hall–Kier alpha value is -1.81. The van der Waals surface area contributed by atoms with E-state index in [4.69, 9.17) is 4.74 Å². The smallest absolute Gasteiger partial charge is 0.259 e. The molecule has 2 aromatic carbocycles. The number of benzene rings is 2. The zero-order valence-corrected chi connectivity index (χ0v) is 13.9. The second kappa shape index (κ2) is 6.76. The summed E-state index contributed by atoms with van der Waals surface area (Å²) < 4.78 is 6.54. The minimum Gasteiger partial charge on any atom is -0.490 e. The molecule has 0 bridgehead atoms. The number of halogens is 1. The first kappa shape index (κ1) is 15.6. The Balaban J connectivity index is 2.24. The maximum absolute atomic E-state index is 12.4. The van der Waals surface area contributed by atoms with Gasteiger partial charge in [-0.1, -0.05) is 18.2 Å². The van der Waals surface area contributed by atoms with Crippen LogP contribution in [0.15, 0.2) is 46.9 Å². The first-order chi connectivity index (χ1) is 9.97. The van der Waals surface area contributed by atoms with Crippen LogP contribution >= 0.6 is 15.9 Å². The Morgan fingerprint density at radius 2 is 1.90 bits per heavy atom. The number of rotatable bonds is 4. The molecular weight excluding hydrogens is 330 g/mol. The van der Waals surface area contributed by atoms with Crippen LogP contribution in [0.2, 0.25) is 0 Å². The van der Waals surface area contributed by atoms with E-state index in [0.29, 0.717) is 11.3 Å². The van der Waals surface area contributed by atoms with Gasteiger partial charge in [0.05, 0.1) is 17.4 Å². The molecule has 21 heavy (non-hydrogen) atoms. The zero-order chi connectivity index (χ0) is 15.4. The van der Waals surface area contributed by atoms with Gasteiger partial charge in [0.1, 0.15) is 5.75 Å². The van der Waals surface area contributed by atoms with Crippen LogP contribution in [0.5, 0.6) is 5.75 Å². The molecule has 0 unspecified atom stereocenters. The minimum absolute atomic E-state index is 0.0186. The van der Waals surface area contributed by atoms with Gasteiger partial charge in [-0.2, -0.15) is 0 Å². The lowest BCUT2D eigenvalue weighted by atomic mass is 10.1. The van der Waals surface area contributed by atoms with Crippen LogP contribution in [0.3, 0.4) is 0 Å². The highest BCUT2D eigenvalue weighted by atomic mass is 79.9. The lowest BCUT2D eigenvalue weighted by molar-refractivity contribution is 0.102. The van der Waals surface area contributed by atoms with Crippen molar-refractivity contribution < 1.29 is 9.53 Å². The van der Waals surface area contributed by atoms with Crippen LogP contribution in [0, 0.1) is 6.92 Å². The Bertz CT molecular complexity index is 653. The van der Waals surface area contributed by atoms with Gasteiger partial charge in [0.25, 0.3) is 5.91 Å². The van der Waals surface area contributed by atoms with Crippen molar-refractivity contribution >= 4 is 27.5 Å². The summed E-state index contributed by atoms with van der Waals surface area (Å²) in [5.74, 6) is 0.407. The Morgan fingerprint density at radius 1 is 1.19 bits per heavy atom. The lowest BCUT2D eigenvalue weighted by Gasteiger charge is -2.14. The highest BCUT2D eigenvalue weighted by Crippen LogP contribution is 2.26. The Labute approximate surface area is 133 Å². The predicted molar refractivity (Wildman–Crippen MR) is 89.0 cm³/mol. The molecule has 4 heteroatoms. The van der Waals surface area contributed by atoms with Crippen molar-refractivity contribution in [3.05, 3.63) is 58.1 Å². The van der Waals surface area contributed by atoms with Crippen LogP contribution in [-0.4, -0.2) is 12.0 Å². The number of anilines is 1. The molecule has 110 valence electrons. The molecule has 0 spiro atoms. The normalized spacial score (nSPS) is 10.5. The number of carbonyl (C=O) groups excluding carboxylic acids is 1. The topological polar surface area (TPSA) is 38.3 Å². The maximum atomic E-state index is 12.4. The van der Waals surface area contributed by atoms with Crippen molar-refractivity contribution in [1.82, 2.24) is 0 Å². The largest absolute Gasteiger partial charge is 0.490 e. The third-order valence-corrected chi connectivity index (χ3v) is 3.52. The summed E-state index contributed by atoms with van der Waals surface area (Å²) in [6.45, 7) is 5.87. The van der Waals surface area contributed by atoms with E-state index in [9.17, 15) is 4.79 Å². The fourth-order valence-corrected chi connectivity index (χ4v) is 2.51. The van der Waals surface area contributed by atoms with Crippen molar-refractivity contribution in [2.75, 3.05) is 5.32 Å². The molecule has 0 aromatic heterocycles. The van der Waals surface area contributed by atoms with E-state index in [0.717, 1.165) is 15.7 Å². The molecule has 3 nitrogen and oxygen atoms in total. The molecule has 2 aromatic rings. The molecule has 0 saturated carbocycles. The van der Waals surface area contributed by atoms with E-state index in [2.05, 4.69) is 21.2 Å². The Morgan fingerprint density at radius 3 is 2.57 bits per heavy atom. The average Bonchev–Trinajstić information content (AvgIpc) is 2.42. The zero-order valence-electron chi connectivity index (χ0n) is 12.3. The second-order valence-electron chi connectivity index (χ2n) is 5.10. The molecule has 0 saturated heterocycles. The van der Waals surface area contributed by atoms with Gasteiger partial charge in [0.15, 0.2) is 0 Å². The highest BCUT2D eigenvalue weighted by molar-refractivity contribution is 9.10. The van der Waals surface area contributed by atoms with Crippen molar-refractivity contribution in [3.8, 4) is 5.75 Å². The summed E-state index contributed by atoms with van der Waals surface area (Å²) in [6.07, 6.45) is 0.0186. The number of amides is 1. The molecule has 0 fully saturated rings.